The molecule has 0 bridgehead atoms. The highest BCUT2D eigenvalue weighted by atomic mass is 32.2. The number of hydrogen-bond donors (Lipinski definition) is 1. The average molecular weight is 366 g/mol. The molecule has 1 N–H and O–H groups in total. The van der Waals surface area contributed by atoms with Crippen LogP contribution in [0.1, 0.15) is 39.2 Å². The minimum atomic E-state index is -3.87. The minimum Gasteiger partial charge on any atom is -0.371 e. The highest BCUT2D eigenvalue weighted by Gasteiger charge is 2.25. The summed E-state index contributed by atoms with van der Waals surface area (Å²) in [6, 6.07) is 5.12. The molecule has 2 rings (SSSR count). The van der Waals surface area contributed by atoms with Gasteiger partial charge >= 0.3 is 0 Å². The van der Waals surface area contributed by atoms with E-state index in [1.807, 2.05) is 6.07 Å². The molecule has 0 spiro atoms. The third-order valence-electron chi connectivity index (χ3n) is 4.64. The number of sulfonamides is 1. The van der Waals surface area contributed by atoms with Gasteiger partial charge < -0.3 is 4.90 Å². The first-order valence-electron chi connectivity index (χ1n) is 8.54. The molecule has 1 heterocycles. The SMILES string of the molecule is CC(=O)C1CCN(c2ccc(S(=O)(=O)NC(=O)C(C)C)c(C)c2)CC1. The summed E-state index contributed by atoms with van der Waals surface area (Å²) in [5.74, 6) is -0.562. The van der Waals surface area contributed by atoms with Gasteiger partial charge in [-0.2, -0.15) is 0 Å². The van der Waals surface area contributed by atoms with Crippen LogP contribution in [0.4, 0.5) is 5.69 Å². The predicted octanol–water partition coefficient (Wildman–Crippen LogP) is 2.26. The Labute approximate surface area is 149 Å². The third kappa shape index (κ3) is 4.60. The summed E-state index contributed by atoms with van der Waals surface area (Å²) in [6.45, 7) is 8.20. The first kappa shape index (κ1) is 19.4. The molecule has 0 radical (unpaired) electrons. The number of anilines is 1. The largest absolute Gasteiger partial charge is 0.371 e. The van der Waals surface area contributed by atoms with E-state index in [0.29, 0.717) is 5.56 Å². The van der Waals surface area contributed by atoms with E-state index in [2.05, 4.69) is 9.62 Å². The van der Waals surface area contributed by atoms with Crippen molar-refractivity contribution in [3.63, 3.8) is 0 Å². The Kier molecular flexibility index (Phi) is 5.87. The van der Waals surface area contributed by atoms with Gasteiger partial charge in [0.15, 0.2) is 0 Å². The first-order chi connectivity index (χ1) is 11.6. The Hall–Kier alpha value is -1.89. The zero-order chi connectivity index (χ0) is 18.8. The van der Waals surface area contributed by atoms with Crippen molar-refractivity contribution < 1.29 is 18.0 Å². The summed E-state index contributed by atoms with van der Waals surface area (Å²) < 4.78 is 26.9. The van der Waals surface area contributed by atoms with E-state index in [0.717, 1.165) is 31.6 Å². The maximum Gasteiger partial charge on any atom is 0.264 e. The fourth-order valence-electron chi connectivity index (χ4n) is 2.98. The topological polar surface area (TPSA) is 83.6 Å². The van der Waals surface area contributed by atoms with Crippen molar-refractivity contribution in [2.45, 2.75) is 45.4 Å². The molecule has 1 amide bonds. The molecule has 1 saturated heterocycles. The molecular weight excluding hydrogens is 340 g/mol. The lowest BCUT2D eigenvalue weighted by atomic mass is 9.93. The second kappa shape index (κ2) is 7.56. The van der Waals surface area contributed by atoms with Crippen molar-refractivity contribution >= 4 is 27.4 Å². The van der Waals surface area contributed by atoms with Gasteiger partial charge in [-0.3, -0.25) is 9.59 Å². The molecule has 0 aliphatic carbocycles. The number of carbonyl (C=O) groups excluding carboxylic acids is 2. The molecule has 7 heteroatoms. The maximum absolute atomic E-state index is 12.4. The van der Waals surface area contributed by atoms with Crippen molar-refractivity contribution in [2.24, 2.45) is 11.8 Å². The average Bonchev–Trinajstić information content (AvgIpc) is 2.54. The van der Waals surface area contributed by atoms with E-state index in [1.165, 1.54) is 6.07 Å². The lowest BCUT2D eigenvalue weighted by Crippen LogP contribution is -2.36. The quantitative estimate of drug-likeness (QED) is 0.864. The first-order valence-corrected chi connectivity index (χ1v) is 10.0. The van der Waals surface area contributed by atoms with Crippen LogP contribution in [0.3, 0.4) is 0 Å². The van der Waals surface area contributed by atoms with Crippen molar-refractivity contribution in [3.05, 3.63) is 23.8 Å². The lowest BCUT2D eigenvalue weighted by molar-refractivity contribution is -0.122. The van der Waals surface area contributed by atoms with Crippen LogP contribution in [0.15, 0.2) is 23.1 Å². The van der Waals surface area contributed by atoms with Gasteiger partial charge in [0.05, 0.1) is 4.90 Å². The second-order valence-corrected chi connectivity index (χ2v) is 8.60. The summed E-state index contributed by atoms with van der Waals surface area (Å²) in [5, 5.41) is 0. The Morgan fingerprint density at radius 1 is 1.20 bits per heavy atom. The third-order valence-corrected chi connectivity index (χ3v) is 6.15. The highest BCUT2D eigenvalue weighted by Crippen LogP contribution is 2.27. The number of hydrogen-bond acceptors (Lipinski definition) is 5. The molecule has 1 aromatic rings. The molecule has 1 fully saturated rings. The van der Waals surface area contributed by atoms with Gasteiger partial charge in [0.25, 0.3) is 10.0 Å². The smallest absolute Gasteiger partial charge is 0.264 e. The van der Waals surface area contributed by atoms with E-state index in [9.17, 15) is 18.0 Å². The Bertz CT molecular complexity index is 763. The molecule has 0 saturated carbocycles. The molecule has 1 aromatic carbocycles. The van der Waals surface area contributed by atoms with Gasteiger partial charge in [-0.1, -0.05) is 13.8 Å². The number of carbonyl (C=O) groups is 2. The number of amides is 1. The number of nitrogens with zero attached hydrogens (tertiary/aromatic N) is 1. The number of Topliss-reactive ketones (excluding diaryl/α,β-unsaturated/α-hetero) is 1. The van der Waals surface area contributed by atoms with E-state index in [4.69, 9.17) is 0 Å². The van der Waals surface area contributed by atoms with Gasteiger partial charge in [0, 0.05) is 30.6 Å². The lowest BCUT2D eigenvalue weighted by Gasteiger charge is -2.33. The van der Waals surface area contributed by atoms with Crippen LogP contribution in [0.25, 0.3) is 0 Å². The van der Waals surface area contributed by atoms with E-state index < -0.39 is 21.8 Å². The van der Waals surface area contributed by atoms with Crippen LogP contribution in [0, 0.1) is 18.8 Å². The van der Waals surface area contributed by atoms with Crippen LogP contribution >= 0.6 is 0 Å². The second-order valence-electron chi connectivity index (χ2n) is 6.95. The summed E-state index contributed by atoms with van der Waals surface area (Å²) in [5.41, 5.74) is 1.53. The minimum absolute atomic E-state index is 0.115. The molecule has 1 aliphatic heterocycles. The Morgan fingerprint density at radius 2 is 1.80 bits per heavy atom. The zero-order valence-electron chi connectivity index (χ0n) is 15.2. The van der Waals surface area contributed by atoms with Crippen molar-refractivity contribution in [3.8, 4) is 0 Å². The van der Waals surface area contributed by atoms with Crippen LogP contribution in [-0.4, -0.2) is 33.2 Å². The van der Waals surface area contributed by atoms with E-state index in [-0.39, 0.29) is 16.6 Å². The molecule has 138 valence electrons. The van der Waals surface area contributed by atoms with Crippen molar-refractivity contribution in [1.82, 2.24) is 4.72 Å². The van der Waals surface area contributed by atoms with Crippen LogP contribution in [0.5, 0.6) is 0 Å². The monoisotopic (exact) mass is 366 g/mol. The molecule has 0 atom stereocenters. The fourth-order valence-corrected chi connectivity index (χ4v) is 4.32. The summed E-state index contributed by atoms with van der Waals surface area (Å²) in [7, 11) is -3.87. The van der Waals surface area contributed by atoms with Crippen molar-refractivity contribution in [2.75, 3.05) is 18.0 Å². The highest BCUT2D eigenvalue weighted by molar-refractivity contribution is 7.90. The molecule has 1 aliphatic rings. The number of rotatable bonds is 5. The number of nitrogens with one attached hydrogen (secondary N) is 1. The Morgan fingerprint density at radius 3 is 2.28 bits per heavy atom. The number of benzene rings is 1. The van der Waals surface area contributed by atoms with Gasteiger partial charge in [-0.25, -0.2) is 13.1 Å². The van der Waals surface area contributed by atoms with Gasteiger partial charge in [0.2, 0.25) is 5.91 Å². The van der Waals surface area contributed by atoms with Crippen LogP contribution in [-0.2, 0) is 19.6 Å². The summed E-state index contributed by atoms with van der Waals surface area (Å²) in [6.07, 6.45) is 1.64. The Balaban J connectivity index is 2.16. The van der Waals surface area contributed by atoms with Crippen LogP contribution in [0.2, 0.25) is 0 Å². The van der Waals surface area contributed by atoms with Gasteiger partial charge in [0.1, 0.15) is 5.78 Å². The number of piperidine rings is 1. The van der Waals surface area contributed by atoms with E-state index in [1.54, 1.807) is 33.8 Å². The standard InChI is InChI=1S/C18H26N2O4S/c1-12(2)18(22)19-25(23,24)17-6-5-16(11-13(17)3)20-9-7-15(8-10-20)14(4)21/h5-6,11-12,15H,7-10H2,1-4H3,(H,19,22). The van der Waals surface area contributed by atoms with Crippen molar-refractivity contribution in [1.29, 1.82) is 0 Å². The van der Waals surface area contributed by atoms with Gasteiger partial charge in [-0.15, -0.1) is 0 Å². The van der Waals surface area contributed by atoms with Gasteiger partial charge in [-0.05, 0) is 50.5 Å². The number of ketones is 1. The zero-order valence-corrected chi connectivity index (χ0v) is 16.0. The predicted molar refractivity (Wildman–Crippen MR) is 97.0 cm³/mol. The number of aryl methyl sites for hydroxylation is 1. The summed E-state index contributed by atoms with van der Waals surface area (Å²) >= 11 is 0. The normalized spacial score (nSPS) is 16.1. The molecule has 25 heavy (non-hydrogen) atoms. The fraction of sp³-hybridized carbons (Fsp3) is 0.556. The van der Waals surface area contributed by atoms with Crippen LogP contribution < -0.4 is 9.62 Å². The van der Waals surface area contributed by atoms with E-state index >= 15 is 0 Å². The molecule has 0 aromatic heterocycles. The molecular formula is C18H26N2O4S. The molecule has 6 nitrogen and oxygen atoms in total. The summed E-state index contributed by atoms with van der Waals surface area (Å²) in [4.78, 5) is 25.5. The molecule has 0 unspecified atom stereocenters. The maximum atomic E-state index is 12.4.